The van der Waals surface area contributed by atoms with E-state index >= 15 is 0 Å². The van der Waals surface area contributed by atoms with E-state index in [2.05, 4.69) is 20.9 Å². The van der Waals surface area contributed by atoms with Crippen LogP contribution in [0, 0.1) is 0 Å². The summed E-state index contributed by atoms with van der Waals surface area (Å²) in [5.74, 6) is -0.257. The summed E-state index contributed by atoms with van der Waals surface area (Å²) in [7, 11) is 0. The van der Waals surface area contributed by atoms with E-state index in [9.17, 15) is 4.79 Å². The Labute approximate surface area is 125 Å². The standard InChI is InChI=1S/C15H14BrNO3/c1-15(16,14(18)19)11-5-7-13(8-6-11)20-10-12-4-2-3-9-17-12/h2-9H,10H2,1H3,(H,18,19). The summed E-state index contributed by atoms with van der Waals surface area (Å²) < 4.78 is 4.50. The largest absolute Gasteiger partial charge is 0.487 e. The summed E-state index contributed by atoms with van der Waals surface area (Å²) in [5.41, 5.74) is 1.50. The number of carboxylic acid groups (broad SMARTS) is 1. The van der Waals surface area contributed by atoms with Gasteiger partial charge in [-0.15, -0.1) is 0 Å². The molecular weight excluding hydrogens is 322 g/mol. The highest BCUT2D eigenvalue weighted by molar-refractivity contribution is 9.10. The van der Waals surface area contributed by atoms with E-state index in [0.29, 0.717) is 17.9 Å². The molecule has 0 aliphatic rings. The summed E-state index contributed by atoms with van der Waals surface area (Å²) in [6, 6.07) is 12.6. The van der Waals surface area contributed by atoms with Crippen molar-refractivity contribution in [3.05, 3.63) is 59.9 Å². The quantitative estimate of drug-likeness (QED) is 0.851. The van der Waals surface area contributed by atoms with Crippen LogP contribution in [-0.4, -0.2) is 16.1 Å². The van der Waals surface area contributed by atoms with Gasteiger partial charge in [-0.2, -0.15) is 0 Å². The van der Waals surface area contributed by atoms with Crippen LogP contribution in [0.5, 0.6) is 5.75 Å². The zero-order valence-corrected chi connectivity index (χ0v) is 12.5. The monoisotopic (exact) mass is 335 g/mol. The number of nitrogens with zero attached hydrogens (tertiary/aromatic N) is 1. The molecule has 0 saturated heterocycles. The highest BCUT2D eigenvalue weighted by Gasteiger charge is 2.31. The average Bonchev–Trinajstić information content (AvgIpc) is 2.46. The van der Waals surface area contributed by atoms with E-state index in [1.54, 1.807) is 37.4 Å². The molecule has 20 heavy (non-hydrogen) atoms. The van der Waals surface area contributed by atoms with Crippen molar-refractivity contribution < 1.29 is 14.6 Å². The van der Waals surface area contributed by atoms with Gasteiger partial charge in [0.1, 0.15) is 16.7 Å². The molecule has 1 N–H and O–H groups in total. The van der Waals surface area contributed by atoms with Gasteiger partial charge in [-0.25, -0.2) is 0 Å². The second-order valence-electron chi connectivity index (χ2n) is 4.44. The van der Waals surface area contributed by atoms with Gasteiger partial charge >= 0.3 is 5.97 Å². The molecule has 1 heterocycles. The van der Waals surface area contributed by atoms with Gasteiger partial charge in [0.05, 0.1) is 5.69 Å². The number of hydrogen-bond acceptors (Lipinski definition) is 3. The van der Waals surface area contributed by atoms with Gasteiger partial charge in [-0.1, -0.05) is 34.1 Å². The summed E-state index contributed by atoms with van der Waals surface area (Å²) in [4.78, 5) is 15.3. The molecule has 1 aromatic heterocycles. The molecule has 0 amide bonds. The van der Waals surface area contributed by atoms with Gasteiger partial charge < -0.3 is 9.84 Å². The predicted molar refractivity (Wildman–Crippen MR) is 78.9 cm³/mol. The molecule has 0 saturated carbocycles. The van der Waals surface area contributed by atoms with E-state index < -0.39 is 10.3 Å². The maximum absolute atomic E-state index is 11.1. The molecule has 0 fully saturated rings. The van der Waals surface area contributed by atoms with E-state index in [1.807, 2.05) is 18.2 Å². The minimum absolute atomic E-state index is 0.380. The third kappa shape index (κ3) is 3.36. The number of ether oxygens (including phenoxy) is 1. The molecule has 1 aromatic carbocycles. The van der Waals surface area contributed by atoms with Crippen molar-refractivity contribution in [3.63, 3.8) is 0 Å². The smallest absolute Gasteiger partial charge is 0.324 e. The van der Waals surface area contributed by atoms with Crippen LogP contribution in [-0.2, 0) is 15.7 Å². The third-order valence-electron chi connectivity index (χ3n) is 2.91. The second-order valence-corrected chi connectivity index (χ2v) is 6.03. The van der Waals surface area contributed by atoms with E-state index in [1.165, 1.54) is 0 Å². The van der Waals surface area contributed by atoms with Gasteiger partial charge in [0.2, 0.25) is 0 Å². The first-order valence-electron chi connectivity index (χ1n) is 6.05. The lowest BCUT2D eigenvalue weighted by Gasteiger charge is -2.17. The molecule has 0 spiro atoms. The number of pyridine rings is 1. The van der Waals surface area contributed by atoms with E-state index in [0.717, 1.165) is 5.69 Å². The number of rotatable bonds is 5. The molecule has 4 nitrogen and oxygen atoms in total. The molecule has 2 rings (SSSR count). The topological polar surface area (TPSA) is 59.4 Å². The number of alkyl halides is 1. The van der Waals surface area contributed by atoms with Crippen LogP contribution in [0.4, 0.5) is 0 Å². The molecule has 104 valence electrons. The number of aromatic nitrogens is 1. The van der Waals surface area contributed by atoms with Crippen molar-refractivity contribution in [1.82, 2.24) is 4.98 Å². The first-order valence-corrected chi connectivity index (χ1v) is 6.85. The van der Waals surface area contributed by atoms with Crippen LogP contribution in [0.15, 0.2) is 48.7 Å². The van der Waals surface area contributed by atoms with Gasteiger partial charge in [0.25, 0.3) is 0 Å². The minimum atomic E-state index is -1.09. The van der Waals surface area contributed by atoms with Crippen molar-refractivity contribution in [2.75, 3.05) is 0 Å². The van der Waals surface area contributed by atoms with Gasteiger partial charge in [-0.05, 0) is 36.8 Å². The average molecular weight is 336 g/mol. The zero-order valence-electron chi connectivity index (χ0n) is 10.9. The van der Waals surface area contributed by atoms with Crippen molar-refractivity contribution in [3.8, 4) is 5.75 Å². The summed E-state index contributed by atoms with van der Waals surface area (Å²) >= 11 is 3.20. The maximum Gasteiger partial charge on any atom is 0.324 e. The SMILES string of the molecule is CC(Br)(C(=O)O)c1ccc(OCc2ccccn2)cc1. The molecule has 0 aliphatic carbocycles. The Hall–Kier alpha value is -1.88. The Bertz CT molecular complexity index is 582. The fourth-order valence-electron chi connectivity index (χ4n) is 1.63. The molecular formula is C15H14BrNO3. The molecule has 5 heteroatoms. The highest BCUT2D eigenvalue weighted by atomic mass is 79.9. The first-order chi connectivity index (χ1) is 9.50. The molecule has 2 aromatic rings. The number of hydrogen-bond donors (Lipinski definition) is 1. The lowest BCUT2D eigenvalue weighted by molar-refractivity contribution is -0.139. The molecule has 0 aliphatic heterocycles. The van der Waals surface area contributed by atoms with Gasteiger partial charge in [0.15, 0.2) is 0 Å². The Morgan fingerprint density at radius 1 is 1.30 bits per heavy atom. The van der Waals surface area contributed by atoms with Crippen LogP contribution in [0.25, 0.3) is 0 Å². The Balaban J connectivity index is 2.04. The van der Waals surface area contributed by atoms with Gasteiger partial charge in [0, 0.05) is 6.20 Å². The first kappa shape index (κ1) is 14.5. The highest BCUT2D eigenvalue weighted by Crippen LogP contribution is 2.32. The summed E-state index contributed by atoms with van der Waals surface area (Å²) in [6.45, 7) is 1.98. The minimum Gasteiger partial charge on any atom is -0.487 e. The zero-order chi connectivity index (χ0) is 14.6. The van der Waals surface area contributed by atoms with Crippen LogP contribution < -0.4 is 4.74 Å². The van der Waals surface area contributed by atoms with Gasteiger partial charge in [-0.3, -0.25) is 9.78 Å². The van der Waals surface area contributed by atoms with E-state index in [-0.39, 0.29) is 0 Å². The van der Waals surface area contributed by atoms with Crippen LogP contribution in [0.2, 0.25) is 0 Å². The number of carbonyl (C=O) groups is 1. The van der Waals surface area contributed by atoms with Crippen molar-refractivity contribution >= 4 is 21.9 Å². The number of halogens is 1. The third-order valence-corrected chi connectivity index (χ3v) is 3.71. The predicted octanol–water partition coefficient (Wildman–Crippen LogP) is 3.36. The van der Waals surface area contributed by atoms with Crippen molar-refractivity contribution in [1.29, 1.82) is 0 Å². The molecule has 0 bridgehead atoms. The second kappa shape index (κ2) is 6.05. The Morgan fingerprint density at radius 2 is 2.00 bits per heavy atom. The lowest BCUT2D eigenvalue weighted by atomic mass is 10.0. The lowest BCUT2D eigenvalue weighted by Crippen LogP contribution is -2.24. The van der Waals surface area contributed by atoms with E-state index in [4.69, 9.17) is 9.84 Å². The normalized spacial score (nSPS) is 13.5. The van der Waals surface area contributed by atoms with Crippen LogP contribution >= 0.6 is 15.9 Å². The summed E-state index contributed by atoms with van der Waals surface area (Å²) in [5, 5.41) is 9.13. The number of aliphatic carboxylic acids is 1. The maximum atomic E-state index is 11.1. The Kier molecular flexibility index (Phi) is 4.39. The Morgan fingerprint density at radius 3 is 2.55 bits per heavy atom. The number of carboxylic acids is 1. The van der Waals surface area contributed by atoms with Crippen LogP contribution in [0.1, 0.15) is 18.2 Å². The fourth-order valence-corrected chi connectivity index (χ4v) is 1.89. The fraction of sp³-hybridized carbons (Fsp3) is 0.200. The van der Waals surface area contributed by atoms with Crippen LogP contribution in [0.3, 0.4) is 0 Å². The summed E-state index contributed by atoms with van der Waals surface area (Å²) in [6.07, 6.45) is 1.71. The van der Waals surface area contributed by atoms with Crippen molar-refractivity contribution in [2.45, 2.75) is 17.9 Å². The molecule has 0 radical (unpaired) electrons. The van der Waals surface area contributed by atoms with Crippen molar-refractivity contribution in [2.24, 2.45) is 0 Å². The molecule has 1 unspecified atom stereocenters. The number of benzene rings is 1. The molecule has 1 atom stereocenters.